The van der Waals surface area contributed by atoms with Crippen molar-refractivity contribution in [1.29, 1.82) is 0 Å². The van der Waals surface area contributed by atoms with Gasteiger partial charge in [-0.2, -0.15) is 0 Å². The Morgan fingerprint density at radius 2 is 1.83 bits per heavy atom. The van der Waals surface area contributed by atoms with Crippen LogP contribution in [0.1, 0.15) is 5.56 Å². The molecule has 0 aliphatic carbocycles. The normalized spacial score (nSPS) is 9.33. The van der Waals surface area contributed by atoms with Crippen LogP contribution in [0.25, 0.3) is 6.08 Å². The zero-order chi connectivity index (χ0) is 8.10. The Hall–Kier alpha value is -1.04. The average Bonchev–Trinajstić information content (AvgIpc) is 2.03. The van der Waals surface area contributed by atoms with E-state index in [0.717, 1.165) is 11.6 Å². The van der Waals surface area contributed by atoms with Crippen LogP contribution in [-0.2, 0) is 22.2 Å². The fourth-order valence-corrected chi connectivity index (χ4v) is 0.732. The predicted octanol–water partition coefficient (Wildman–Crippen LogP) is 1.78. The first kappa shape index (κ1) is 11.0. The Kier molecular flexibility index (Phi) is 5.11. The molecule has 0 aromatic heterocycles. The largest absolute Gasteiger partial charge is 0.478 e. The van der Waals surface area contributed by atoms with Gasteiger partial charge >= 0.3 is 5.97 Å². The molecular weight excluding hydrogens is 192 g/mol. The smallest absolute Gasteiger partial charge is 0.328 e. The Bertz CT molecular complexity index is 267. The summed E-state index contributed by atoms with van der Waals surface area (Å²) in [6.45, 7) is 0. The number of aliphatic carboxylic acids is 1. The molecule has 1 aromatic rings. The van der Waals surface area contributed by atoms with Crippen molar-refractivity contribution < 1.29 is 27.3 Å². The maximum Gasteiger partial charge on any atom is 0.328 e. The number of rotatable bonds is 2. The quantitative estimate of drug-likeness (QED) is 0.739. The number of carboxylic acids is 1. The minimum Gasteiger partial charge on any atom is -0.478 e. The molecule has 0 saturated heterocycles. The van der Waals surface area contributed by atoms with Gasteiger partial charge in [0.1, 0.15) is 0 Å². The van der Waals surface area contributed by atoms with Gasteiger partial charge in [-0.15, -0.1) is 0 Å². The SMILES string of the molecule is O=C(O)C=Cc1ccccc1.[Cr]. The summed E-state index contributed by atoms with van der Waals surface area (Å²) in [6, 6.07) is 9.31. The van der Waals surface area contributed by atoms with Crippen LogP contribution in [0.5, 0.6) is 0 Å². The molecule has 12 heavy (non-hydrogen) atoms. The fourth-order valence-electron chi connectivity index (χ4n) is 0.732. The molecule has 62 valence electrons. The monoisotopic (exact) mass is 200 g/mol. The van der Waals surface area contributed by atoms with Crippen molar-refractivity contribution in [3.05, 3.63) is 42.0 Å². The van der Waals surface area contributed by atoms with Crippen molar-refractivity contribution in [2.24, 2.45) is 0 Å². The molecule has 0 aliphatic rings. The van der Waals surface area contributed by atoms with Crippen LogP contribution < -0.4 is 0 Å². The van der Waals surface area contributed by atoms with Gasteiger partial charge in [-0.1, -0.05) is 30.3 Å². The summed E-state index contributed by atoms with van der Waals surface area (Å²) in [5.74, 6) is -0.922. The van der Waals surface area contributed by atoms with E-state index in [1.165, 1.54) is 0 Å². The molecule has 0 fully saturated rings. The van der Waals surface area contributed by atoms with Crippen molar-refractivity contribution in [2.75, 3.05) is 0 Å². The van der Waals surface area contributed by atoms with Crippen LogP contribution in [0, 0.1) is 0 Å². The van der Waals surface area contributed by atoms with Crippen LogP contribution in [0.15, 0.2) is 36.4 Å². The zero-order valence-corrected chi connectivity index (χ0v) is 7.58. The first-order valence-corrected chi connectivity index (χ1v) is 3.25. The molecule has 1 N–H and O–H groups in total. The molecular formula is C9H8CrO2. The van der Waals surface area contributed by atoms with E-state index in [1.54, 1.807) is 6.08 Å². The van der Waals surface area contributed by atoms with Crippen LogP contribution in [0.4, 0.5) is 0 Å². The molecule has 0 radical (unpaired) electrons. The van der Waals surface area contributed by atoms with E-state index >= 15 is 0 Å². The van der Waals surface area contributed by atoms with E-state index in [0.29, 0.717) is 0 Å². The Balaban J connectivity index is 0.00000121. The van der Waals surface area contributed by atoms with Gasteiger partial charge in [-0.25, -0.2) is 4.79 Å². The van der Waals surface area contributed by atoms with Crippen LogP contribution >= 0.6 is 0 Å². The average molecular weight is 200 g/mol. The van der Waals surface area contributed by atoms with E-state index in [-0.39, 0.29) is 17.4 Å². The van der Waals surface area contributed by atoms with Crippen LogP contribution in [-0.4, -0.2) is 11.1 Å². The van der Waals surface area contributed by atoms with Gasteiger partial charge in [-0.05, 0) is 11.6 Å². The summed E-state index contributed by atoms with van der Waals surface area (Å²) in [5.41, 5.74) is 0.898. The second-order valence-corrected chi connectivity index (χ2v) is 2.08. The van der Waals surface area contributed by atoms with Gasteiger partial charge in [0.05, 0.1) is 0 Å². The van der Waals surface area contributed by atoms with Crippen molar-refractivity contribution in [2.45, 2.75) is 0 Å². The van der Waals surface area contributed by atoms with Crippen molar-refractivity contribution >= 4 is 12.0 Å². The van der Waals surface area contributed by atoms with Crippen molar-refractivity contribution in [1.82, 2.24) is 0 Å². The van der Waals surface area contributed by atoms with Gasteiger partial charge in [0.25, 0.3) is 0 Å². The molecule has 0 bridgehead atoms. The summed E-state index contributed by atoms with van der Waals surface area (Å²) < 4.78 is 0. The van der Waals surface area contributed by atoms with Crippen LogP contribution in [0.2, 0.25) is 0 Å². The summed E-state index contributed by atoms with van der Waals surface area (Å²) >= 11 is 0. The van der Waals surface area contributed by atoms with E-state index < -0.39 is 5.97 Å². The predicted molar refractivity (Wildman–Crippen MR) is 43.1 cm³/mol. The molecule has 2 nitrogen and oxygen atoms in total. The Morgan fingerprint density at radius 3 is 2.33 bits per heavy atom. The fraction of sp³-hybridized carbons (Fsp3) is 0. The van der Waals surface area contributed by atoms with E-state index in [2.05, 4.69) is 0 Å². The van der Waals surface area contributed by atoms with E-state index in [9.17, 15) is 4.79 Å². The summed E-state index contributed by atoms with van der Waals surface area (Å²) in [7, 11) is 0. The first-order chi connectivity index (χ1) is 5.29. The molecule has 3 heteroatoms. The maximum absolute atomic E-state index is 10.1. The zero-order valence-electron chi connectivity index (χ0n) is 6.31. The van der Waals surface area contributed by atoms with E-state index in [4.69, 9.17) is 5.11 Å². The minimum absolute atomic E-state index is 0. The van der Waals surface area contributed by atoms with Crippen LogP contribution in [0.3, 0.4) is 0 Å². The maximum atomic E-state index is 10.1. The molecule has 1 aromatic carbocycles. The third kappa shape index (κ3) is 3.97. The topological polar surface area (TPSA) is 37.3 Å². The van der Waals surface area contributed by atoms with Gasteiger partial charge in [0.15, 0.2) is 0 Å². The number of hydrogen-bond donors (Lipinski definition) is 1. The number of hydrogen-bond acceptors (Lipinski definition) is 1. The van der Waals surface area contributed by atoms with Gasteiger partial charge in [-0.3, -0.25) is 0 Å². The summed E-state index contributed by atoms with van der Waals surface area (Å²) in [5, 5.41) is 8.29. The molecule has 0 atom stereocenters. The number of benzene rings is 1. The summed E-state index contributed by atoms with van der Waals surface area (Å²) in [6.07, 6.45) is 2.68. The van der Waals surface area contributed by atoms with Crippen molar-refractivity contribution in [3.8, 4) is 0 Å². The van der Waals surface area contributed by atoms with Gasteiger partial charge in [0, 0.05) is 23.4 Å². The molecule has 0 spiro atoms. The van der Waals surface area contributed by atoms with E-state index in [1.807, 2.05) is 30.3 Å². The first-order valence-electron chi connectivity index (χ1n) is 3.25. The number of carbonyl (C=O) groups is 1. The molecule has 0 aliphatic heterocycles. The van der Waals surface area contributed by atoms with Crippen molar-refractivity contribution in [3.63, 3.8) is 0 Å². The minimum atomic E-state index is -0.922. The van der Waals surface area contributed by atoms with Gasteiger partial charge < -0.3 is 5.11 Å². The molecule has 0 heterocycles. The summed E-state index contributed by atoms with van der Waals surface area (Å²) in [4.78, 5) is 10.1. The second kappa shape index (κ2) is 5.59. The third-order valence-electron chi connectivity index (χ3n) is 1.22. The molecule has 1 rings (SSSR count). The standard InChI is InChI=1S/C9H8O2.Cr/c10-9(11)7-6-8-4-2-1-3-5-8;/h1-7H,(H,10,11);. The molecule has 0 saturated carbocycles. The Labute approximate surface area is 81.7 Å². The Morgan fingerprint density at radius 1 is 1.25 bits per heavy atom. The van der Waals surface area contributed by atoms with Gasteiger partial charge in [0.2, 0.25) is 0 Å². The molecule has 0 amide bonds. The third-order valence-corrected chi connectivity index (χ3v) is 1.22. The number of carboxylic acid groups (broad SMARTS) is 1. The molecule has 0 unspecified atom stereocenters. The second-order valence-electron chi connectivity index (χ2n) is 2.08.